The second-order valence-electron chi connectivity index (χ2n) is 6.97. The maximum Gasteiger partial charge on any atom is -0.000590 e. The van der Waals surface area contributed by atoms with Crippen LogP contribution >= 0.6 is 0 Å². The highest BCUT2D eigenvalue weighted by molar-refractivity contribution is 5.87. The predicted molar refractivity (Wildman–Crippen MR) is 105 cm³/mol. The standard InChI is InChI=1S/C25H20/c1-3-11-19(12-4-1)23-24(20-13-5-2-6-14-20)25(23)22-17-9-15-18-10-7-8-16-21(18)22/h1-17,23-25H. The molecular weight excluding hydrogens is 300 g/mol. The molecule has 1 aliphatic carbocycles. The van der Waals surface area contributed by atoms with Crippen LogP contribution in [-0.2, 0) is 0 Å². The van der Waals surface area contributed by atoms with E-state index >= 15 is 0 Å². The van der Waals surface area contributed by atoms with Crippen molar-refractivity contribution in [2.45, 2.75) is 17.8 Å². The molecule has 25 heavy (non-hydrogen) atoms. The first-order valence-electron chi connectivity index (χ1n) is 9.01. The van der Waals surface area contributed by atoms with Crippen molar-refractivity contribution in [2.75, 3.05) is 0 Å². The van der Waals surface area contributed by atoms with Gasteiger partial charge in [0.25, 0.3) is 0 Å². The lowest BCUT2D eigenvalue weighted by Crippen LogP contribution is -1.87. The van der Waals surface area contributed by atoms with Crippen LogP contribution in [0.15, 0.2) is 103 Å². The van der Waals surface area contributed by atoms with E-state index in [-0.39, 0.29) is 0 Å². The zero-order valence-corrected chi connectivity index (χ0v) is 14.0. The number of fused-ring (bicyclic) bond motifs is 1. The average molecular weight is 320 g/mol. The summed E-state index contributed by atoms with van der Waals surface area (Å²) in [6, 6.07) is 37.5. The quantitative estimate of drug-likeness (QED) is 0.404. The summed E-state index contributed by atoms with van der Waals surface area (Å²) in [7, 11) is 0. The van der Waals surface area contributed by atoms with E-state index in [1.54, 1.807) is 0 Å². The van der Waals surface area contributed by atoms with Crippen LogP contribution in [0.1, 0.15) is 34.4 Å². The van der Waals surface area contributed by atoms with Crippen molar-refractivity contribution < 1.29 is 0 Å². The number of hydrogen-bond donors (Lipinski definition) is 0. The molecule has 1 saturated carbocycles. The fourth-order valence-corrected chi connectivity index (χ4v) is 4.42. The molecule has 2 unspecified atom stereocenters. The highest BCUT2D eigenvalue weighted by atomic mass is 14.5. The summed E-state index contributed by atoms with van der Waals surface area (Å²) >= 11 is 0. The van der Waals surface area contributed by atoms with Crippen molar-refractivity contribution in [1.82, 2.24) is 0 Å². The van der Waals surface area contributed by atoms with Gasteiger partial charge in [0.1, 0.15) is 0 Å². The molecule has 0 N–H and O–H groups in total. The molecule has 0 bridgehead atoms. The van der Waals surface area contributed by atoms with Gasteiger partial charge < -0.3 is 0 Å². The van der Waals surface area contributed by atoms with Gasteiger partial charge in [0, 0.05) is 0 Å². The lowest BCUT2D eigenvalue weighted by molar-refractivity contribution is 1.03. The van der Waals surface area contributed by atoms with Crippen molar-refractivity contribution in [1.29, 1.82) is 0 Å². The number of benzene rings is 4. The normalized spacial score (nSPS) is 22.0. The van der Waals surface area contributed by atoms with Crippen LogP contribution in [0.2, 0.25) is 0 Å². The van der Waals surface area contributed by atoms with E-state index in [1.165, 1.54) is 27.5 Å². The van der Waals surface area contributed by atoms with Crippen LogP contribution in [0.5, 0.6) is 0 Å². The third-order valence-corrected chi connectivity index (χ3v) is 5.57. The second kappa shape index (κ2) is 5.89. The first kappa shape index (κ1) is 14.5. The van der Waals surface area contributed by atoms with Crippen LogP contribution in [0.25, 0.3) is 10.8 Å². The van der Waals surface area contributed by atoms with Crippen molar-refractivity contribution >= 4 is 10.8 Å². The fraction of sp³-hybridized carbons (Fsp3) is 0.120. The molecule has 1 fully saturated rings. The molecule has 0 aliphatic heterocycles. The summed E-state index contributed by atoms with van der Waals surface area (Å²) < 4.78 is 0. The van der Waals surface area contributed by atoms with Gasteiger partial charge in [0.2, 0.25) is 0 Å². The van der Waals surface area contributed by atoms with Crippen LogP contribution in [0.3, 0.4) is 0 Å². The predicted octanol–water partition coefficient (Wildman–Crippen LogP) is 6.50. The fourth-order valence-electron chi connectivity index (χ4n) is 4.42. The van der Waals surface area contributed by atoms with E-state index in [0.717, 1.165) is 0 Å². The van der Waals surface area contributed by atoms with Gasteiger partial charge in [-0.2, -0.15) is 0 Å². The molecule has 120 valence electrons. The Balaban J connectivity index is 1.65. The highest BCUT2D eigenvalue weighted by Gasteiger charge is 2.52. The Labute approximate surface area is 148 Å². The Kier molecular flexibility index (Phi) is 3.41. The van der Waals surface area contributed by atoms with Crippen molar-refractivity contribution in [3.63, 3.8) is 0 Å². The van der Waals surface area contributed by atoms with Crippen molar-refractivity contribution in [3.05, 3.63) is 120 Å². The SMILES string of the molecule is c1ccc(C2C(c3ccccc3)C2c2cccc3ccccc23)cc1. The van der Waals surface area contributed by atoms with E-state index < -0.39 is 0 Å². The first-order valence-corrected chi connectivity index (χ1v) is 9.01. The minimum Gasteiger partial charge on any atom is -0.0622 e. The molecule has 0 saturated heterocycles. The first-order chi connectivity index (χ1) is 12.4. The molecule has 0 heteroatoms. The summed E-state index contributed by atoms with van der Waals surface area (Å²) in [5.41, 5.74) is 4.39. The summed E-state index contributed by atoms with van der Waals surface area (Å²) in [4.78, 5) is 0. The van der Waals surface area contributed by atoms with Crippen LogP contribution in [-0.4, -0.2) is 0 Å². The number of hydrogen-bond acceptors (Lipinski definition) is 0. The topological polar surface area (TPSA) is 0 Å². The molecule has 0 radical (unpaired) electrons. The monoisotopic (exact) mass is 320 g/mol. The molecule has 1 aliphatic rings. The molecule has 4 aromatic carbocycles. The van der Waals surface area contributed by atoms with E-state index in [9.17, 15) is 0 Å². The van der Waals surface area contributed by atoms with E-state index in [4.69, 9.17) is 0 Å². The van der Waals surface area contributed by atoms with Gasteiger partial charge in [0.05, 0.1) is 0 Å². The maximum absolute atomic E-state index is 2.33. The van der Waals surface area contributed by atoms with E-state index in [1.807, 2.05) is 0 Å². The molecule has 2 atom stereocenters. The largest absolute Gasteiger partial charge is 0.0622 e. The molecule has 5 rings (SSSR count). The molecule has 0 heterocycles. The summed E-state index contributed by atoms with van der Waals surface area (Å²) in [6.45, 7) is 0. The Morgan fingerprint density at radius 3 is 1.56 bits per heavy atom. The molecule has 0 nitrogen and oxygen atoms in total. The van der Waals surface area contributed by atoms with E-state index in [0.29, 0.717) is 17.8 Å². The lowest BCUT2D eigenvalue weighted by atomic mass is 9.98. The van der Waals surface area contributed by atoms with Crippen LogP contribution in [0, 0.1) is 0 Å². The third-order valence-electron chi connectivity index (χ3n) is 5.57. The van der Waals surface area contributed by atoms with Gasteiger partial charge in [-0.3, -0.25) is 0 Å². The minimum atomic E-state index is 0.552. The van der Waals surface area contributed by atoms with Crippen molar-refractivity contribution in [2.24, 2.45) is 0 Å². The summed E-state index contributed by atoms with van der Waals surface area (Å²) in [5.74, 6) is 1.68. The van der Waals surface area contributed by atoms with Gasteiger partial charge in [-0.05, 0) is 45.2 Å². The Morgan fingerprint density at radius 2 is 0.920 bits per heavy atom. The Morgan fingerprint density at radius 1 is 0.400 bits per heavy atom. The molecular formula is C25H20. The molecule has 4 aromatic rings. The average Bonchev–Trinajstić information content (AvgIpc) is 3.44. The Hall–Kier alpha value is -2.86. The molecule has 0 aromatic heterocycles. The second-order valence-corrected chi connectivity index (χ2v) is 6.97. The smallest absolute Gasteiger partial charge is 0.000590 e. The Bertz CT molecular complexity index is 951. The number of rotatable bonds is 3. The zero-order valence-electron chi connectivity index (χ0n) is 14.0. The van der Waals surface area contributed by atoms with Gasteiger partial charge in [-0.25, -0.2) is 0 Å². The van der Waals surface area contributed by atoms with Crippen molar-refractivity contribution in [3.8, 4) is 0 Å². The lowest BCUT2D eigenvalue weighted by Gasteiger charge is -2.07. The summed E-state index contributed by atoms with van der Waals surface area (Å²) in [6.07, 6.45) is 0. The highest BCUT2D eigenvalue weighted by Crippen LogP contribution is 2.66. The zero-order chi connectivity index (χ0) is 16.6. The minimum absolute atomic E-state index is 0.552. The van der Waals surface area contributed by atoms with Gasteiger partial charge in [-0.1, -0.05) is 103 Å². The van der Waals surface area contributed by atoms with Gasteiger partial charge in [0.15, 0.2) is 0 Å². The maximum atomic E-state index is 2.33. The third kappa shape index (κ3) is 2.46. The molecule has 0 spiro atoms. The van der Waals surface area contributed by atoms with Crippen LogP contribution < -0.4 is 0 Å². The summed E-state index contributed by atoms with van der Waals surface area (Å²) in [5, 5.41) is 2.74. The molecule has 0 amide bonds. The van der Waals surface area contributed by atoms with E-state index in [2.05, 4.69) is 103 Å². The van der Waals surface area contributed by atoms with Crippen LogP contribution in [0.4, 0.5) is 0 Å². The van der Waals surface area contributed by atoms with Gasteiger partial charge in [-0.15, -0.1) is 0 Å². The van der Waals surface area contributed by atoms with Gasteiger partial charge >= 0.3 is 0 Å².